The lowest BCUT2D eigenvalue weighted by Gasteiger charge is -1.98. The van der Waals surface area contributed by atoms with Gasteiger partial charge < -0.3 is 0 Å². The van der Waals surface area contributed by atoms with E-state index in [0.29, 0.717) is 4.91 Å². The highest BCUT2D eigenvalue weighted by Crippen LogP contribution is 2.28. The summed E-state index contributed by atoms with van der Waals surface area (Å²) in [5.41, 5.74) is 0.863. The predicted octanol–water partition coefficient (Wildman–Crippen LogP) is 3.54. The Kier molecular flexibility index (Phi) is 3.51. The monoisotopic (exact) mass is 361 g/mol. The van der Waals surface area contributed by atoms with Crippen LogP contribution in [0.4, 0.5) is 4.79 Å². The number of rotatable bonds is 1. The first-order valence-corrected chi connectivity index (χ1v) is 6.66. The molecule has 2 rings (SSSR count). The highest BCUT2D eigenvalue weighted by Gasteiger charge is 2.24. The summed E-state index contributed by atoms with van der Waals surface area (Å²) in [7, 11) is 0. The molecule has 2 amide bonds. The van der Waals surface area contributed by atoms with E-state index < -0.39 is 0 Å². The topological polar surface area (TPSA) is 46.2 Å². The van der Waals surface area contributed by atoms with E-state index in [0.717, 1.165) is 26.3 Å². The molecule has 1 heterocycles. The molecule has 0 unspecified atom stereocenters. The summed E-state index contributed by atoms with van der Waals surface area (Å²) in [4.78, 5) is 22.7. The van der Waals surface area contributed by atoms with Crippen molar-refractivity contribution in [3.05, 3.63) is 37.6 Å². The molecule has 1 aromatic carbocycles. The van der Waals surface area contributed by atoms with E-state index in [1.807, 2.05) is 18.2 Å². The molecule has 1 aliphatic heterocycles. The molecule has 82 valence electrons. The third-order valence-electron chi connectivity index (χ3n) is 1.88. The molecular formula is C10H5Br2NO2S. The van der Waals surface area contributed by atoms with Gasteiger partial charge in [-0.1, -0.05) is 6.07 Å². The molecule has 0 saturated carbocycles. The first-order chi connectivity index (χ1) is 7.56. The van der Waals surface area contributed by atoms with E-state index >= 15 is 0 Å². The normalized spacial score (nSPS) is 18.0. The first-order valence-electron chi connectivity index (χ1n) is 4.26. The van der Waals surface area contributed by atoms with Crippen LogP contribution >= 0.6 is 43.6 Å². The van der Waals surface area contributed by atoms with Crippen LogP contribution in [0.15, 0.2) is 32.0 Å². The van der Waals surface area contributed by atoms with Crippen LogP contribution in [-0.4, -0.2) is 11.1 Å². The largest absolute Gasteiger partial charge is 0.290 e. The van der Waals surface area contributed by atoms with E-state index in [-0.39, 0.29) is 11.1 Å². The van der Waals surface area contributed by atoms with Crippen LogP contribution in [0.25, 0.3) is 6.08 Å². The number of amides is 2. The number of nitrogens with one attached hydrogen (secondary N) is 1. The standard InChI is InChI=1S/C10H5Br2NO2S/c11-6-2-1-5(3-7(6)12)4-8-9(14)13-10(15)16-8/h1-4H,(H,13,14,15)/b8-4+. The maximum atomic E-state index is 11.3. The molecule has 0 aliphatic carbocycles. The number of thioether (sulfide) groups is 1. The summed E-state index contributed by atoms with van der Waals surface area (Å²) in [6.07, 6.45) is 1.68. The molecule has 1 aromatic rings. The van der Waals surface area contributed by atoms with Gasteiger partial charge in [0.15, 0.2) is 0 Å². The summed E-state index contributed by atoms with van der Waals surface area (Å²) < 4.78 is 1.84. The van der Waals surface area contributed by atoms with Crippen LogP contribution in [-0.2, 0) is 4.79 Å². The van der Waals surface area contributed by atoms with Crippen LogP contribution < -0.4 is 5.32 Å². The first kappa shape index (κ1) is 11.9. The molecule has 0 bridgehead atoms. The van der Waals surface area contributed by atoms with Crippen molar-refractivity contribution < 1.29 is 9.59 Å². The maximum Gasteiger partial charge on any atom is 0.290 e. The zero-order valence-corrected chi connectivity index (χ0v) is 11.8. The van der Waals surface area contributed by atoms with Crippen molar-refractivity contribution in [3.63, 3.8) is 0 Å². The van der Waals surface area contributed by atoms with Crippen molar-refractivity contribution in [3.8, 4) is 0 Å². The summed E-state index contributed by atoms with van der Waals surface area (Å²) >= 11 is 7.64. The zero-order chi connectivity index (χ0) is 11.7. The van der Waals surface area contributed by atoms with Gasteiger partial charge in [-0.25, -0.2) is 0 Å². The van der Waals surface area contributed by atoms with Crippen molar-refractivity contribution in [2.45, 2.75) is 0 Å². The quantitative estimate of drug-likeness (QED) is 0.777. The molecular weight excluding hydrogens is 358 g/mol. The third kappa shape index (κ3) is 2.56. The Hall–Kier alpha value is -0.590. The van der Waals surface area contributed by atoms with Gasteiger partial charge in [-0.3, -0.25) is 14.9 Å². The average Bonchev–Trinajstić information content (AvgIpc) is 2.51. The van der Waals surface area contributed by atoms with Crippen molar-refractivity contribution in [2.24, 2.45) is 0 Å². The van der Waals surface area contributed by atoms with Gasteiger partial charge in [0.25, 0.3) is 11.1 Å². The minimum Gasteiger partial charge on any atom is -0.282 e. The minimum absolute atomic E-state index is 0.326. The second-order valence-corrected chi connectivity index (χ2v) is 5.75. The molecule has 1 aliphatic rings. The van der Waals surface area contributed by atoms with Gasteiger partial charge in [0.1, 0.15) is 0 Å². The molecule has 6 heteroatoms. The number of carbonyl (C=O) groups is 2. The van der Waals surface area contributed by atoms with Gasteiger partial charge in [0.05, 0.1) is 4.91 Å². The minimum atomic E-state index is -0.339. The Bertz CT molecular complexity index is 514. The molecule has 0 spiro atoms. The maximum absolute atomic E-state index is 11.3. The van der Waals surface area contributed by atoms with E-state index in [1.165, 1.54) is 0 Å². The Morgan fingerprint density at radius 3 is 2.50 bits per heavy atom. The van der Waals surface area contributed by atoms with Crippen LogP contribution in [0.2, 0.25) is 0 Å². The van der Waals surface area contributed by atoms with Gasteiger partial charge >= 0.3 is 0 Å². The fraction of sp³-hybridized carbons (Fsp3) is 0. The summed E-state index contributed by atoms with van der Waals surface area (Å²) in [6.45, 7) is 0. The number of halogens is 2. The zero-order valence-electron chi connectivity index (χ0n) is 7.79. The predicted molar refractivity (Wildman–Crippen MR) is 70.9 cm³/mol. The summed E-state index contributed by atoms with van der Waals surface area (Å²) in [6, 6.07) is 5.60. The van der Waals surface area contributed by atoms with Crippen molar-refractivity contribution in [2.75, 3.05) is 0 Å². The van der Waals surface area contributed by atoms with E-state index in [4.69, 9.17) is 0 Å². The molecule has 1 N–H and O–H groups in total. The van der Waals surface area contributed by atoms with Crippen LogP contribution in [0.1, 0.15) is 5.56 Å². The molecule has 1 saturated heterocycles. The van der Waals surface area contributed by atoms with Crippen LogP contribution in [0.3, 0.4) is 0 Å². The highest BCUT2D eigenvalue weighted by molar-refractivity contribution is 9.13. The summed E-state index contributed by atoms with van der Waals surface area (Å²) in [5, 5.41) is 1.88. The van der Waals surface area contributed by atoms with Gasteiger partial charge in [-0.05, 0) is 67.4 Å². The Balaban J connectivity index is 2.32. The lowest BCUT2D eigenvalue weighted by molar-refractivity contribution is -0.115. The number of benzene rings is 1. The molecule has 1 fully saturated rings. The summed E-state index contributed by atoms with van der Waals surface area (Å²) in [5.74, 6) is -0.339. The Morgan fingerprint density at radius 2 is 1.94 bits per heavy atom. The van der Waals surface area contributed by atoms with E-state index in [1.54, 1.807) is 6.08 Å². The van der Waals surface area contributed by atoms with Crippen molar-refractivity contribution in [1.82, 2.24) is 5.32 Å². The molecule has 3 nitrogen and oxygen atoms in total. The van der Waals surface area contributed by atoms with Crippen LogP contribution in [0.5, 0.6) is 0 Å². The number of hydrogen-bond donors (Lipinski definition) is 1. The molecule has 0 radical (unpaired) electrons. The average molecular weight is 363 g/mol. The SMILES string of the molecule is O=C1NC(=O)/C(=C\c2ccc(Br)c(Br)c2)S1. The van der Waals surface area contributed by atoms with Gasteiger partial charge in [-0.2, -0.15) is 0 Å². The van der Waals surface area contributed by atoms with Gasteiger partial charge in [-0.15, -0.1) is 0 Å². The van der Waals surface area contributed by atoms with Crippen LogP contribution in [0, 0.1) is 0 Å². The number of carbonyl (C=O) groups excluding carboxylic acids is 2. The van der Waals surface area contributed by atoms with E-state index in [9.17, 15) is 9.59 Å². The highest BCUT2D eigenvalue weighted by atomic mass is 79.9. The van der Waals surface area contributed by atoms with Crippen molar-refractivity contribution >= 4 is 60.8 Å². The number of hydrogen-bond acceptors (Lipinski definition) is 3. The lowest BCUT2D eigenvalue weighted by Crippen LogP contribution is -2.17. The Morgan fingerprint density at radius 1 is 1.19 bits per heavy atom. The fourth-order valence-electron chi connectivity index (χ4n) is 1.17. The fourth-order valence-corrected chi connectivity index (χ4v) is 2.50. The van der Waals surface area contributed by atoms with Gasteiger partial charge in [0.2, 0.25) is 0 Å². The molecule has 0 atom stereocenters. The van der Waals surface area contributed by atoms with Crippen molar-refractivity contribution in [1.29, 1.82) is 0 Å². The lowest BCUT2D eigenvalue weighted by atomic mass is 10.2. The van der Waals surface area contributed by atoms with Gasteiger partial charge in [0, 0.05) is 8.95 Å². The Labute approximate surface area is 113 Å². The van der Waals surface area contributed by atoms with E-state index in [2.05, 4.69) is 37.2 Å². The third-order valence-corrected chi connectivity index (χ3v) is 4.57. The second-order valence-electron chi connectivity index (χ2n) is 3.03. The molecule has 0 aromatic heterocycles. The smallest absolute Gasteiger partial charge is 0.282 e. The molecule has 16 heavy (non-hydrogen) atoms. The second kappa shape index (κ2) is 4.73. The number of imide groups is 1.